The Kier molecular flexibility index (Phi) is 4.71. The summed E-state index contributed by atoms with van der Waals surface area (Å²) in [5.74, 6) is -0.236. The second-order valence-electron chi connectivity index (χ2n) is 7.55. The van der Waals surface area contributed by atoms with Gasteiger partial charge in [-0.1, -0.05) is 29.8 Å². The Morgan fingerprint density at radius 3 is 2.61 bits per heavy atom. The van der Waals surface area contributed by atoms with Gasteiger partial charge in [0.2, 0.25) is 0 Å². The Morgan fingerprint density at radius 1 is 1.18 bits per heavy atom. The molecule has 0 spiro atoms. The van der Waals surface area contributed by atoms with Crippen LogP contribution in [-0.4, -0.2) is 35.7 Å². The number of carbonyl (C=O) groups excluding carboxylic acids is 1. The molecule has 3 atom stereocenters. The number of nitrogens with zero attached hydrogens (tertiary/aromatic N) is 1. The SMILES string of the molecule is COC(=O)c1ccc(C2Nc3ccc(C)cc3C3C2CCCN3C(=O)O)cc1. The highest BCUT2D eigenvalue weighted by Gasteiger charge is 2.44. The average molecular weight is 380 g/mol. The molecule has 2 aromatic carbocycles. The molecule has 1 saturated heterocycles. The molecular formula is C22H24N2O4. The van der Waals surface area contributed by atoms with E-state index in [0.717, 1.165) is 35.2 Å². The Hall–Kier alpha value is -3.02. The average Bonchev–Trinajstić information content (AvgIpc) is 2.72. The molecule has 0 radical (unpaired) electrons. The van der Waals surface area contributed by atoms with E-state index in [1.165, 1.54) is 7.11 Å². The van der Waals surface area contributed by atoms with Crippen LogP contribution in [0.4, 0.5) is 10.5 Å². The van der Waals surface area contributed by atoms with Gasteiger partial charge in [0, 0.05) is 18.2 Å². The van der Waals surface area contributed by atoms with Crippen LogP contribution in [0.3, 0.4) is 0 Å². The van der Waals surface area contributed by atoms with Crippen LogP contribution in [0.15, 0.2) is 42.5 Å². The number of aryl methyl sites for hydroxylation is 1. The van der Waals surface area contributed by atoms with Crippen LogP contribution in [0, 0.1) is 12.8 Å². The molecular weight excluding hydrogens is 356 g/mol. The lowest BCUT2D eigenvalue weighted by Crippen LogP contribution is -2.47. The van der Waals surface area contributed by atoms with E-state index in [9.17, 15) is 14.7 Å². The molecule has 2 heterocycles. The van der Waals surface area contributed by atoms with Gasteiger partial charge in [-0.05, 0) is 49.1 Å². The summed E-state index contributed by atoms with van der Waals surface area (Å²) >= 11 is 0. The van der Waals surface area contributed by atoms with Crippen LogP contribution in [0.1, 0.15) is 52.0 Å². The lowest BCUT2D eigenvalue weighted by atomic mass is 9.74. The minimum absolute atomic E-state index is 0.0194. The number of methoxy groups -OCH3 is 1. The fourth-order valence-electron chi connectivity index (χ4n) is 4.60. The first-order valence-corrected chi connectivity index (χ1v) is 9.54. The van der Waals surface area contributed by atoms with Crippen LogP contribution in [0.5, 0.6) is 0 Å². The van der Waals surface area contributed by atoms with Gasteiger partial charge in [-0.15, -0.1) is 0 Å². The van der Waals surface area contributed by atoms with Crippen molar-refractivity contribution in [3.05, 3.63) is 64.7 Å². The van der Waals surface area contributed by atoms with Gasteiger partial charge in [-0.3, -0.25) is 0 Å². The molecule has 2 aliphatic heterocycles. The van der Waals surface area contributed by atoms with Crippen LogP contribution in [0.2, 0.25) is 0 Å². The second kappa shape index (κ2) is 7.19. The number of fused-ring (bicyclic) bond motifs is 3. The Bertz CT molecular complexity index is 909. The largest absolute Gasteiger partial charge is 0.465 e. The van der Waals surface area contributed by atoms with E-state index < -0.39 is 6.09 Å². The quantitative estimate of drug-likeness (QED) is 0.756. The van der Waals surface area contributed by atoms with Gasteiger partial charge in [0.1, 0.15) is 0 Å². The monoisotopic (exact) mass is 380 g/mol. The third kappa shape index (κ3) is 3.09. The van der Waals surface area contributed by atoms with Gasteiger partial charge in [0.05, 0.1) is 24.8 Å². The Balaban J connectivity index is 1.76. The van der Waals surface area contributed by atoms with E-state index in [2.05, 4.69) is 11.4 Å². The van der Waals surface area contributed by atoms with Crippen molar-refractivity contribution in [1.29, 1.82) is 0 Å². The number of likely N-dealkylation sites (tertiary alicyclic amines) is 1. The fourth-order valence-corrected chi connectivity index (χ4v) is 4.60. The van der Waals surface area contributed by atoms with Crippen molar-refractivity contribution in [3.8, 4) is 0 Å². The molecule has 2 aromatic rings. The maximum Gasteiger partial charge on any atom is 0.407 e. The molecule has 4 rings (SSSR count). The minimum Gasteiger partial charge on any atom is -0.465 e. The molecule has 0 aliphatic carbocycles. The summed E-state index contributed by atoms with van der Waals surface area (Å²) in [4.78, 5) is 25.3. The maximum atomic E-state index is 12.0. The first kappa shape index (κ1) is 18.3. The molecule has 146 valence electrons. The smallest absolute Gasteiger partial charge is 0.407 e. The first-order valence-electron chi connectivity index (χ1n) is 9.54. The molecule has 6 nitrogen and oxygen atoms in total. The Morgan fingerprint density at radius 2 is 1.93 bits per heavy atom. The van der Waals surface area contributed by atoms with Gasteiger partial charge in [-0.25, -0.2) is 9.59 Å². The van der Waals surface area contributed by atoms with Crippen LogP contribution in [0.25, 0.3) is 0 Å². The highest BCUT2D eigenvalue weighted by Crippen LogP contribution is 2.50. The normalized spacial score (nSPS) is 23.2. The fraction of sp³-hybridized carbons (Fsp3) is 0.364. The molecule has 3 unspecified atom stereocenters. The number of hydrogen-bond donors (Lipinski definition) is 2. The van der Waals surface area contributed by atoms with Crippen molar-refractivity contribution in [2.45, 2.75) is 31.8 Å². The zero-order valence-electron chi connectivity index (χ0n) is 16.0. The third-order valence-corrected chi connectivity index (χ3v) is 5.88. The van der Waals surface area contributed by atoms with E-state index in [1.807, 2.05) is 31.2 Å². The number of esters is 1. The molecule has 0 saturated carbocycles. The lowest BCUT2D eigenvalue weighted by Gasteiger charge is -2.48. The number of ether oxygens (including phenoxy) is 1. The summed E-state index contributed by atoms with van der Waals surface area (Å²) in [6.45, 7) is 2.58. The third-order valence-electron chi connectivity index (χ3n) is 5.88. The molecule has 6 heteroatoms. The second-order valence-corrected chi connectivity index (χ2v) is 7.55. The van der Waals surface area contributed by atoms with E-state index in [1.54, 1.807) is 17.0 Å². The van der Waals surface area contributed by atoms with Crippen molar-refractivity contribution >= 4 is 17.7 Å². The molecule has 0 aromatic heterocycles. The summed E-state index contributed by atoms with van der Waals surface area (Å²) < 4.78 is 4.78. The molecule has 2 aliphatic rings. The highest BCUT2D eigenvalue weighted by atomic mass is 16.5. The van der Waals surface area contributed by atoms with Crippen molar-refractivity contribution in [2.24, 2.45) is 5.92 Å². The van der Waals surface area contributed by atoms with Gasteiger partial charge in [-0.2, -0.15) is 0 Å². The number of benzene rings is 2. The summed E-state index contributed by atoms with van der Waals surface area (Å²) in [5.41, 5.74) is 4.69. The van der Waals surface area contributed by atoms with Crippen molar-refractivity contribution in [3.63, 3.8) is 0 Å². The number of carboxylic acid groups (broad SMARTS) is 1. The summed E-state index contributed by atoms with van der Waals surface area (Å²) in [5, 5.41) is 13.4. The zero-order chi connectivity index (χ0) is 19.8. The minimum atomic E-state index is -0.871. The number of hydrogen-bond acceptors (Lipinski definition) is 4. The van der Waals surface area contributed by atoms with E-state index in [-0.39, 0.29) is 24.0 Å². The summed E-state index contributed by atoms with van der Waals surface area (Å²) in [6.07, 6.45) is 0.912. The standard InChI is InChI=1S/C22H24N2O4/c1-13-5-10-18-17(12-13)20-16(4-3-11-24(20)22(26)27)19(23-18)14-6-8-15(9-7-14)21(25)28-2/h5-10,12,16,19-20,23H,3-4,11H2,1-2H3,(H,26,27). The molecule has 28 heavy (non-hydrogen) atoms. The topological polar surface area (TPSA) is 78.9 Å². The van der Waals surface area contributed by atoms with Crippen LogP contribution < -0.4 is 5.32 Å². The molecule has 1 amide bonds. The number of rotatable bonds is 2. The van der Waals surface area contributed by atoms with Gasteiger partial charge in [0.25, 0.3) is 0 Å². The Labute approximate surface area is 164 Å². The van der Waals surface area contributed by atoms with Gasteiger partial charge in [0.15, 0.2) is 0 Å². The number of amides is 1. The summed E-state index contributed by atoms with van der Waals surface area (Å²) in [6, 6.07) is 13.4. The van der Waals surface area contributed by atoms with Gasteiger partial charge >= 0.3 is 12.1 Å². The number of nitrogens with one attached hydrogen (secondary N) is 1. The maximum absolute atomic E-state index is 12.0. The van der Waals surface area contributed by atoms with Crippen molar-refractivity contribution in [2.75, 3.05) is 19.0 Å². The van der Waals surface area contributed by atoms with E-state index in [4.69, 9.17) is 4.74 Å². The predicted molar refractivity (Wildman–Crippen MR) is 106 cm³/mol. The first-order chi connectivity index (χ1) is 13.5. The van der Waals surface area contributed by atoms with E-state index >= 15 is 0 Å². The predicted octanol–water partition coefficient (Wildman–Crippen LogP) is 4.38. The van der Waals surface area contributed by atoms with Crippen molar-refractivity contribution < 1.29 is 19.4 Å². The molecule has 1 fully saturated rings. The molecule has 2 N–H and O–H groups in total. The van der Waals surface area contributed by atoms with Crippen molar-refractivity contribution in [1.82, 2.24) is 4.90 Å². The number of anilines is 1. The lowest BCUT2D eigenvalue weighted by molar-refractivity contribution is 0.0599. The number of piperidine rings is 1. The van der Waals surface area contributed by atoms with Gasteiger partial charge < -0.3 is 20.1 Å². The highest BCUT2D eigenvalue weighted by molar-refractivity contribution is 5.89. The number of carbonyl (C=O) groups is 2. The van der Waals surface area contributed by atoms with Crippen LogP contribution in [-0.2, 0) is 4.74 Å². The van der Waals surface area contributed by atoms with E-state index in [0.29, 0.717) is 12.1 Å². The van der Waals surface area contributed by atoms with Crippen LogP contribution >= 0.6 is 0 Å². The molecule has 0 bridgehead atoms. The summed E-state index contributed by atoms with van der Waals surface area (Å²) in [7, 11) is 1.37. The zero-order valence-corrected chi connectivity index (χ0v) is 16.0.